The van der Waals surface area contributed by atoms with Crippen LogP contribution in [0.2, 0.25) is 5.02 Å². The highest BCUT2D eigenvalue weighted by molar-refractivity contribution is 9.10. The summed E-state index contributed by atoms with van der Waals surface area (Å²) >= 11 is 9.56. The molecule has 0 unspecified atom stereocenters. The normalized spacial score (nSPS) is 16.5. The van der Waals surface area contributed by atoms with Gasteiger partial charge in [0, 0.05) is 9.50 Å². The molecule has 1 N–H and O–H groups in total. The Morgan fingerprint density at radius 1 is 1.27 bits per heavy atom. The highest BCUT2D eigenvalue weighted by Crippen LogP contribution is 2.25. The predicted octanol–water partition coefficient (Wildman–Crippen LogP) is 3.87. The first kappa shape index (κ1) is 11.2. The van der Waals surface area contributed by atoms with Crippen LogP contribution >= 0.6 is 27.5 Å². The van der Waals surface area contributed by atoms with Gasteiger partial charge in [-0.2, -0.15) is 0 Å². The minimum atomic E-state index is 0.815. The van der Waals surface area contributed by atoms with Gasteiger partial charge in [0.15, 0.2) is 0 Å². The molecule has 0 spiro atoms. The second-order valence-electron chi connectivity index (χ2n) is 3.72. The van der Waals surface area contributed by atoms with Gasteiger partial charge in [-0.3, -0.25) is 0 Å². The van der Waals surface area contributed by atoms with Gasteiger partial charge in [0.25, 0.3) is 0 Å². The second-order valence-corrected chi connectivity index (χ2v) is 5.04. The van der Waals surface area contributed by atoms with E-state index < -0.39 is 0 Å². The predicted molar refractivity (Wildman–Crippen MR) is 69.2 cm³/mol. The highest BCUT2D eigenvalue weighted by atomic mass is 79.9. The SMILES string of the molecule is Clc1cc(Br)ccc1C=C1CCNCC1. The van der Waals surface area contributed by atoms with E-state index in [1.165, 1.54) is 5.57 Å². The summed E-state index contributed by atoms with van der Waals surface area (Å²) in [7, 11) is 0. The fourth-order valence-corrected chi connectivity index (χ4v) is 2.46. The summed E-state index contributed by atoms with van der Waals surface area (Å²) in [5.41, 5.74) is 2.61. The van der Waals surface area contributed by atoms with Crippen LogP contribution in [0.25, 0.3) is 6.08 Å². The molecule has 3 heteroatoms. The molecule has 0 atom stereocenters. The van der Waals surface area contributed by atoms with Crippen molar-refractivity contribution >= 4 is 33.6 Å². The van der Waals surface area contributed by atoms with Gasteiger partial charge >= 0.3 is 0 Å². The molecule has 0 radical (unpaired) electrons. The van der Waals surface area contributed by atoms with E-state index in [1.54, 1.807) is 0 Å². The molecule has 15 heavy (non-hydrogen) atoms. The Morgan fingerprint density at radius 2 is 2.00 bits per heavy atom. The van der Waals surface area contributed by atoms with Crippen LogP contribution in [0.1, 0.15) is 18.4 Å². The number of piperidine rings is 1. The lowest BCUT2D eigenvalue weighted by molar-refractivity contribution is 0.613. The fourth-order valence-electron chi connectivity index (χ4n) is 1.73. The average molecular weight is 287 g/mol. The zero-order valence-corrected chi connectivity index (χ0v) is 10.7. The number of hydrogen-bond acceptors (Lipinski definition) is 1. The lowest BCUT2D eigenvalue weighted by atomic mass is 10.0. The Hall–Kier alpha value is -0.310. The van der Waals surface area contributed by atoms with E-state index in [-0.39, 0.29) is 0 Å². The van der Waals surface area contributed by atoms with Gasteiger partial charge in [0.05, 0.1) is 0 Å². The van der Waals surface area contributed by atoms with Gasteiger partial charge in [-0.1, -0.05) is 45.2 Å². The van der Waals surface area contributed by atoms with Crippen LogP contribution in [0, 0.1) is 0 Å². The lowest BCUT2D eigenvalue weighted by Gasteiger charge is -2.15. The lowest BCUT2D eigenvalue weighted by Crippen LogP contribution is -2.22. The van der Waals surface area contributed by atoms with E-state index >= 15 is 0 Å². The summed E-state index contributed by atoms with van der Waals surface area (Å²) < 4.78 is 1.03. The molecule has 0 aromatic heterocycles. The van der Waals surface area contributed by atoms with E-state index in [0.717, 1.165) is 41.0 Å². The van der Waals surface area contributed by atoms with E-state index in [4.69, 9.17) is 11.6 Å². The summed E-state index contributed by atoms with van der Waals surface area (Å²) in [6, 6.07) is 6.02. The van der Waals surface area contributed by atoms with Crippen molar-refractivity contribution in [3.63, 3.8) is 0 Å². The van der Waals surface area contributed by atoms with Crippen LogP contribution in [0.15, 0.2) is 28.2 Å². The van der Waals surface area contributed by atoms with Crippen LogP contribution in [0.3, 0.4) is 0 Å². The fraction of sp³-hybridized carbons (Fsp3) is 0.333. The van der Waals surface area contributed by atoms with E-state index in [2.05, 4.69) is 33.4 Å². The van der Waals surface area contributed by atoms with Crippen LogP contribution in [-0.4, -0.2) is 13.1 Å². The maximum atomic E-state index is 6.16. The molecule has 0 bridgehead atoms. The minimum absolute atomic E-state index is 0.815. The number of nitrogens with one attached hydrogen (secondary N) is 1. The van der Waals surface area contributed by atoms with Gasteiger partial charge in [0.1, 0.15) is 0 Å². The van der Waals surface area contributed by atoms with Crippen LogP contribution in [-0.2, 0) is 0 Å². The Kier molecular flexibility index (Phi) is 3.84. The first-order valence-corrected chi connectivity index (χ1v) is 6.28. The molecular weight excluding hydrogens is 273 g/mol. The summed E-state index contributed by atoms with van der Waals surface area (Å²) in [6.45, 7) is 2.17. The molecule has 1 fully saturated rings. The van der Waals surface area contributed by atoms with Gasteiger partial charge in [0.2, 0.25) is 0 Å². The average Bonchev–Trinajstić information content (AvgIpc) is 2.24. The third-order valence-corrected chi connectivity index (χ3v) is 3.39. The van der Waals surface area contributed by atoms with E-state index in [9.17, 15) is 0 Å². The first-order chi connectivity index (χ1) is 7.25. The quantitative estimate of drug-likeness (QED) is 0.826. The number of halogens is 2. The Bertz CT molecular complexity index is 379. The standard InChI is InChI=1S/C12H13BrClN/c13-11-2-1-10(12(14)8-11)7-9-3-5-15-6-4-9/h1-2,7-8,15H,3-6H2. The minimum Gasteiger partial charge on any atom is -0.316 e. The van der Waals surface area contributed by atoms with Crippen molar-refractivity contribution in [2.24, 2.45) is 0 Å². The Morgan fingerprint density at radius 3 is 2.67 bits per heavy atom. The third kappa shape index (κ3) is 3.07. The second kappa shape index (κ2) is 5.15. The highest BCUT2D eigenvalue weighted by Gasteiger charge is 2.05. The monoisotopic (exact) mass is 285 g/mol. The van der Waals surface area contributed by atoms with Crippen molar-refractivity contribution in [2.75, 3.05) is 13.1 Å². The number of benzene rings is 1. The van der Waals surface area contributed by atoms with Crippen molar-refractivity contribution in [3.05, 3.63) is 38.8 Å². The van der Waals surface area contributed by atoms with E-state index in [0.29, 0.717) is 0 Å². The van der Waals surface area contributed by atoms with E-state index in [1.807, 2.05) is 12.1 Å². The summed E-state index contributed by atoms with van der Waals surface area (Å²) in [6.07, 6.45) is 4.48. The molecule has 1 heterocycles. The van der Waals surface area contributed by atoms with Gasteiger partial charge in [-0.15, -0.1) is 0 Å². The van der Waals surface area contributed by atoms with Gasteiger partial charge in [-0.05, 0) is 43.6 Å². The number of rotatable bonds is 1. The zero-order chi connectivity index (χ0) is 10.7. The largest absolute Gasteiger partial charge is 0.316 e. The first-order valence-electron chi connectivity index (χ1n) is 5.11. The summed E-state index contributed by atoms with van der Waals surface area (Å²) in [4.78, 5) is 0. The van der Waals surface area contributed by atoms with Gasteiger partial charge in [-0.25, -0.2) is 0 Å². The molecule has 1 aromatic rings. The molecule has 1 nitrogen and oxygen atoms in total. The molecular formula is C12H13BrClN. The maximum Gasteiger partial charge on any atom is 0.0489 e. The molecule has 0 amide bonds. The maximum absolute atomic E-state index is 6.16. The molecule has 80 valence electrons. The summed E-state index contributed by atoms with van der Waals surface area (Å²) in [5.74, 6) is 0. The third-order valence-electron chi connectivity index (χ3n) is 2.57. The number of hydrogen-bond donors (Lipinski definition) is 1. The van der Waals surface area contributed by atoms with Gasteiger partial charge < -0.3 is 5.32 Å². The Labute approximate surface area is 104 Å². The molecule has 1 aliphatic rings. The molecule has 1 aliphatic heterocycles. The Balaban J connectivity index is 2.22. The molecule has 1 saturated heterocycles. The van der Waals surface area contributed by atoms with Crippen molar-refractivity contribution in [1.82, 2.24) is 5.32 Å². The zero-order valence-electron chi connectivity index (χ0n) is 8.39. The van der Waals surface area contributed by atoms with Crippen molar-refractivity contribution in [3.8, 4) is 0 Å². The van der Waals surface area contributed by atoms with Crippen molar-refractivity contribution in [2.45, 2.75) is 12.8 Å². The van der Waals surface area contributed by atoms with Crippen molar-refractivity contribution < 1.29 is 0 Å². The van der Waals surface area contributed by atoms with Crippen molar-refractivity contribution in [1.29, 1.82) is 0 Å². The molecule has 0 aliphatic carbocycles. The smallest absolute Gasteiger partial charge is 0.0489 e. The molecule has 2 rings (SSSR count). The van der Waals surface area contributed by atoms with Crippen LogP contribution in [0.5, 0.6) is 0 Å². The van der Waals surface area contributed by atoms with Crippen LogP contribution < -0.4 is 5.32 Å². The summed E-state index contributed by atoms with van der Waals surface area (Å²) in [5, 5.41) is 4.16. The van der Waals surface area contributed by atoms with Crippen LogP contribution in [0.4, 0.5) is 0 Å². The molecule has 1 aromatic carbocycles. The molecule has 0 saturated carbocycles. The topological polar surface area (TPSA) is 12.0 Å².